The lowest BCUT2D eigenvalue weighted by atomic mass is 10.0. The molecule has 1 N–H and O–H groups in total. The van der Waals surface area contributed by atoms with Gasteiger partial charge in [0.1, 0.15) is 5.82 Å². The summed E-state index contributed by atoms with van der Waals surface area (Å²) < 4.78 is 41.6. The molecular formula is C21H21FN2O2S. The molecule has 6 heteroatoms. The molecule has 0 aliphatic carbocycles. The van der Waals surface area contributed by atoms with E-state index < -0.39 is 10.0 Å². The Balaban J connectivity index is 1.95. The number of benzene rings is 3. The van der Waals surface area contributed by atoms with Gasteiger partial charge in [0.25, 0.3) is 10.0 Å². The van der Waals surface area contributed by atoms with Crippen LogP contribution in [0.4, 0.5) is 15.8 Å². The molecule has 0 heterocycles. The van der Waals surface area contributed by atoms with E-state index in [-0.39, 0.29) is 10.7 Å². The highest BCUT2D eigenvalue weighted by molar-refractivity contribution is 7.92. The zero-order chi connectivity index (χ0) is 19.6. The minimum Gasteiger partial charge on any atom is -0.378 e. The zero-order valence-corrected chi connectivity index (χ0v) is 16.2. The van der Waals surface area contributed by atoms with Crippen LogP contribution in [0.25, 0.3) is 11.1 Å². The number of nitrogens with zero attached hydrogens (tertiary/aromatic N) is 1. The van der Waals surface area contributed by atoms with Crippen LogP contribution in [-0.4, -0.2) is 22.5 Å². The van der Waals surface area contributed by atoms with Crippen LogP contribution in [0.15, 0.2) is 71.6 Å². The predicted molar refractivity (Wildman–Crippen MR) is 108 cm³/mol. The van der Waals surface area contributed by atoms with Crippen LogP contribution < -0.4 is 9.62 Å². The molecule has 0 spiro atoms. The van der Waals surface area contributed by atoms with Crippen molar-refractivity contribution in [2.24, 2.45) is 0 Å². The third-order valence-corrected chi connectivity index (χ3v) is 5.89. The van der Waals surface area contributed by atoms with Gasteiger partial charge in [0.05, 0.1) is 4.90 Å². The number of sulfonamides is 1. The summed E-state index contributed by atoms with van der Waals surface area (Å²) in [5.41, 5.74) is 3.60. The Kier molecular flexibility index (Phi) is 5.19. The number of nitrogens with one attached hydrogen (secondary N) is 1. The molecule has 0 radical (unpaired) electrons. The molecule has 140 valence electrons. The molecule has 0 atom stereocenters. The molecule has 0 aliphatic heterocycles. The molecule has 3 aromatic carbocycles. The lowest BCUT2D eigenvalue weighted by molar-refractivity contribution is 0.600. The van der Waals surface area contributed by atoms with E-state index in [9.17, 15) is 12.8 Å². The van der Waals surface area contributed by atoms with Gasteiger partial charge in [-0.25, -0.2) is 12.8 Å². The maximum Gasteiger partial charge on any atom is 0.262 e. The van der Waals surface area contributed by atoms with Crippen LogP contribution in [0.1, 0.15) is 5.56 Å². The summed E-state index contributed by atoms with van der Waals surface area (Å²) in [6.45, 7) is 1.75. The van der Waals surface area contributed by atoms with E-state index in [4.69, 9.17) is 0 Å². The Morgan fingerprint density at radius 3 is 2.11 bits per heavy atom. The van der Waals surface area contributed by atoms with Crippen LogP contribution in [0.3, 0.4) is 0 Å². The second-order valence-electron chi connectivity index (χ2n) is 6.48. The van der Waals surface area contributed by atoms with Crippen molar-refractivity contribution in [3.63, 3.8) is 0 Å². The molecule has 0 saturated heterocycles. The number of halogens is 1. The fraction of sp³-hybridized carbons (Fsp3) is 0.143. The van der Waals surface area contributed by atoms with Crippen LogP contribution in [0, 0.1) is 12.7 Å². The lowest BCUT2D eigenvalue weighted by Gasteiger charge is -2.15. The third-order valence-electron chi connectivity index (χ3n) is 4.36. The first-order valence-corrected chi connectivity index (χ1v) is 9.92. The molecule has 0 saturated carbocycles. The second kappa shape index (κ2) is 7.40. The highest BCUT2D eigenvalue weighted by Gasteiger charge is 2.19. The summed E-state index contributed by atoms with van der Waals surface area (Å²) in [4.78, 5) is 2.13. The van der Waals surface area contributed by atoms with Crippen molar-refractivity contribution in [2.45, 2.75) is 11.8 Å². The second-order valence-corrected chi connectivity index (χ2v) is 8.13. The van der Waals surface area contributed by atoms with Crippen molar-refractivity contribution in [3.8, 4) is 11.1 Å². The smallest absolute Gasteiger partial charge is 0.262 e. The molecule has 0 amide bonds. The van der Waals surface area contributed by atoms with E-state index in [1.165, 1.54) is 12.1 Å². The predicted octanol–water partition coefficient (Wildman–Crippen LogP) is 4.67. The van der Waals surface area contributed by atoms with Gasteiger partial charge >= 0.3 is 0 Å². The van der Waals surface area contributed by atoms with Gasteiger partial charge < -0.3 is 4.90 Å². The third kappa shape index (κ3) is 4.11. The SMILES string of the molecule is Cc1c(-c2ccc(F)cc2)cccc1S(=O)(=O)Nc1ccc(N(C)C)cc1. The highest BCUT2D eigenvalue weighted by atomic mass is 32.2. The lowest BCUT2D eigenvalue weighted by Crippen LogP contribution is -2.15. The van der Waals surface area contributed by atoms with Gasteiger partial charge in [-0.1, -0.05) is 24.3 Å². The average molecular weight is 384 g/mol. The minimum absolute atomic E-state index is 0.195. The molecular weight excluding hydrogens is 363 g/mol. The fourth-order valence-corrected chi connectivity index (χ4v) is 4.21. The van der Waals surface area contributed by atoms with Crippen LogP contribution in [0.5, 0.6) is 0 Å². The standard InChI is InChI=1S/C21H21FN2O2S/c1-15-20(16-7-9-17(22)10-8-16)5-4-6-21(15)27(25,26)23-18-11-13-19(14-12-18)24(2)3/h4-14,23H,1-3H3. The Morgan fingerprint density at radius 1 is 0.889 bits per heavy atom. The molecule has 0 aliphatic rings. The van der Waals surface area contributed by atoms with Crippen molar-refractivity contribution in [3.05, 3.63) is 78.1 Å². The highest BCUT2D eigenvalue weighted by Crippen LogP contribution is 2.29. The Hall–Kier alpha value is -2.86. The summed E-state index contributed by atoms with van der Waals surface area (Å²) in [6.07, 6.45) is 0. The Labute approximate surface area is 159 Å². The van der Waals surface area contributed by atoms with Crippen molar-refractivity contribution in [2.75, 3.05) is 23.7 Å². The van der Waals surface area contributed by atoms with Gasteiger partial charge in [0, 0.05) is 25.5 Å². The zero-order valence-electron chi connectivity index (χ0n) is 15.4. The summed E-state index contributed by atoms with van der Waals surface area (Å²) in [6, 6.07) is 18.2. The van der Waals surface area contributed by atoms with Gasteiger partial charge in [0.15, 0.2) is 0 Å². The monoisotopic (exact) mass is 384 g/mol. The summed E-state index contributed by atoms with van der Waals surface area (Å²) in [5.74, 6) is -0.331. The van der Waals surface area contributed by atoms with Crippen molar-refractivity contribution >= 4 is 21.4 Å². The van der Waals surface area contributed by atoms with Gasteiger partial charge in [-0.2, -0.15) is 0 Å². The molecule has 4 nitrogen and oxygen atoms in total. The molecule has 3 rings (SSSR count). The van der Waals surface area contributed by atoms with Crippen LogP contribution >= 0.6 is 0 Å². The first-order valence-electron chi connectivity index (χ1n) is 8.44. The Bertz CT molecular complexity index is 1040. The molecule has 0 fully saturated rings. The minimum atomic E-state index is -3.75. The summed E-state index contributed by atoms with van der Waals surface area (Å²) >= 11 is 0. The van der Waals surface area contributed by atoms with Gasteiger partial charge in [-0.05, 0) is 66.1 Å². The average Bonchev–Trinajstić information content (AvgIpc) is 2.63. The van der Waals surface area contributed by atoms with E-state index in [1.807, 2.05) is 37.2 Å². The van der Waals surface area contributed by atoms with Crippen LogP contribution in [0.2, 0.25) is 0 Å². The van der Waals surface area contributed by atoms with Crippen molar-refractivity contribution in [1.82, 2.24) is 0 Å². The number of anilines is 2. The van der Waals surface area contributed by atoms with E-state index in [0.29, 0.717) is 11.3 Å². The van der Waals surface area contributed by atoms with Crippen molar-refractivity contribution in [1.29, 1.82) is 0 Å². The molecule has 0 unspecified atom stereocenters. The van der Waals surface area contributed by atoms with Gasteiger partial charge in [-0.3, -0.25) is 4.72 Å². The normalized spacial score (nSPS) is 11.3. The quantitative estimate of drug-likeness (QED) is 0.696. The number of hydrogen-bond acceptors (Lipinski definition) is 3. The molecule has 0 aromatic heterocycles. The number of hydrogen-bond donors (Lipinski definition) is 1. The van der Waals surface area contributed by atoms with Gasteiger partial charge in [0.2, 0.25) is 0 Å². The van der Waals surface area contributed by atoms with Gasteiger partial charge in [-0.15, -0.1) is 0 Å². The summed E-state index contributed by atoms with van der Waals surface area (Å²) in [5, 5.41) is 0. The van der Waals surface area contributed by atoms with Crippen molar-refractivity contribution < 1.29 is 12.8 Å². The fourth-order valence-electron chi connectivity index (χ4n) is 2.89. The Morgan fingerprint density at radius 2 is 1.52 bits per heavy atom. The molecule has 27 heavy (non-hydrogen) atoms. The molecule has 0 bridgehead atoms. The van der Waals surface area contributed by atoms with Crippen LogP contribution in [-0.2, 0) is 10.0 Å². The van der Waals surface area contributed by atoms with E-state index in [2.05, 4.69) is 4.72 Å². The number of rotatable bonds is 5. The largest absolute Gasteiger partial charge is 0.378 e. The van der Waals surface area contributed by atoms with E-state index in [1.54, 1.807) is 43.3 Å². The van der Waals surface area contributed by atoms with E-state index >= 15 is 0 Å². The maximum absolute atomic E-state index is 13.2. The summed E-state index contributed by atoms with van der Waals surface area (Å²) in [7, 11) is 0.0868. The first-order chi connectivity index (χ1) is 12.8. The topological polar surface area (TPSA) is 49.4 Å². The molecule has 3 aromatic rings. The van der Waals surface area contributed by atoms with E-state index in [0.717, 1.165) is 16.8 Å². The maximum atomic E-state index is 13.2. The first kappa shape index (κ1) is 18.9.